The van der Waals surface area contributed by atoms with E-state index in [0.717, 1.165) is 18.8 Å². The fourth-order valence-corrected chi connectivity index (χ4v) is 2.94. The predicted octanol–water partition coefficient (Wildman–Crippen LogP) is 3.01. The van der Waals surface area contributed by atoms with Gasteiger partial charge in [0.25, 0.3) is 0 Å². The fraction of sp³-hybridized carbons (Fsp3) is 0.625. The first-order valence-electron chi connectivity index (χ1n) is 7.26. The van der Waals surface area contributed by atoms with Crippen LogP contribution < -0.4 is 15.0 Å². The molecule has 0 amide bonds. The molecule has 0 aliphatic carbocycles. The van der Waals surface area contributed by atoms with Gasteiger partial charge in [0.2, 0.25) is 0 Å². The average Bonchev–Trinajstić information content (AvgIpc) is 2.77. The number of fused-ring (bicyclic) bond motifs is 1. The van der Waals surface area contributed by atoms with Gasteiger partial charge in [-0.15, -0.1) is 0 Å². The Labute approximate surface area is 116 Å². The van der Waals surface area contributed by atoms with Crippen molar-refractivity contribution in [1.82, 2.24) is 5.32 Å². The van der Waals surface area contributed by atoms with E-state index >= 15 is 0 Å². The van der Waals surface area contributed by atoms with Crippen molar-refractivity contribution in [2.24, 2.45) is 0 Å². The summed E-state index contributed by atoms with van der Waals surface area (Å²) >= 11 is 0. The Balaban J connectivity index is 2.20. The number of hydrogen-bond donors (Lipinski definition) is 1. The van der Waals surface area contributed by atoms with Crippen molar-refractivity contribution in [3.8, 4) is 5.75 Å². The van der Waals surface area contributed by atoms with E-state index in [0.29, 0.717) is 12.0 Å². The van der Waals surface area contributed by atoms with Crippen LogP contribution >= 0.6 is 0 Å². The van der Waals surface area contributed by atoms with Crippen LogP contribution in [-0.4, -0.2) is 33.3 Å². The minimum absolute atomic E-state index is 0.557. The molecular weight excluding hydrogens is 236 g/mol. The highest BCUT2D eigenvalue weighted by molar-refractivity contribution is 5.62. The first-order chi connectivity index (χ1) is 9.17. The molecule has 0 bridgehead atoms. The second-order valence-electron chi connectivity index (χ2n) is 5.61. The SMILES string of the molecule is CNCCCC1CN(C(C)C)c2ccc(OC)cc21. The van der Waals surface area contributed by atoms with E-state index < -0.39 is 0 Å². The summed E-state index contributed by atoms with van der Waals surface area (Å²) in [4.78, 5) is 2.51. The first-order valence-corrected chi connectivity index (χ1v) is 7.26. The lowest BCUT2D eigenvalue weighted by atomic mass is 9.96. The van der Waals surface area contributed by atoms with Crippen molar-refractivity contribution in [2.45, 2.75) is 38.6 Å². The molecule has 1 heterocycles. The number of anilines is 1. The van der Waals surface area contributed by atoms with Gasteiger partial charge < -0.3 is 15.0 Å². The van der Waals surface area contributed by atoms with E-state index in [1.807, 2.05) is 7.05 Å². The fourth-order valence-electron chi connectivity index (χ4n) is 2.94. The Morgan fingerprint density at radius 3 is 2.84 bits per heavy atom. The molecule has 1 N–H and O–H groups in total. The molecule has 1 unspecified atom stereocenters. The molecular formula is C16H26N2O. The number of methoxy groups -OCH3 is 1. The van der Waals surface area contributed by atoms with Gasteiger partial charge in [-0.05, 0) is 64.0 Å². The predicted molar refractivity (Wildman–Crippen MR) is 81.4 cm³/mol. The number of nitrogens with one attached hydrogen (secondary N) is 1. The van der Waals surface area contributed by atoms with Crippen molar-refractivity contribution in [3.05, 3.63) is 23.8 Å². The summed E-state index contributed by atoms with van der Waals surface area (Å²) in [7, 11) is 3.76. The molecule has 19 heavy (non-hydrogen) atoms. The van der Waals surface area contributed by atoms with Crippen LogP contribution in [0.15, 0.2) is 18.2 Å². The lowest BCUT2D eigenvalue weighted by Crippen LogP contribution is -2.29. The van der Waals surface area contributed by atoms with Crippen molar-refractivity contribution in [3.63, 3.8) is 0 Å². The zero-order valence-corrected chi connectivity index (χ0v) is 12.6. The van der Waals surface area contributed by atoms with E-state index in [1.54, 1.807) is 7.11 Å². The zero-order valence-electron chi connectivity index (χ0n) is 12.6. The maximum Gasteiger partial charge on any atom is 0.119 e. The van der Waals surface area contributed by atoms with Crippen LogP contribution in [0.5, 0.6) is 5.75 Å². The summed E-state index contributed by atoms with van der Waals surface area (Å²) in [5.41, 5.74) is 2.86. The summed E-state index contributed by atoms with van der Waals surface area (Å²) in [6.07, 6.45) is 2.47. The minimum Gasteiger partial charge on any atom is -0.497 e. The van der Waals surface area contributed by atoms with Gasteiger partial charge in [0, 0.05) is 24.2 Å². The molecule has 3 nitrogen and oxygen atoms in total. The van der Waals surface area contributed by atoms with Gasteiger partial charge in [-0.2, -0.15) is 0 Å². The van der Waals surface area contributed by atoms with E-state index in [-0.39, 0.29) is 0 Å². The number of nitrogens with zero attached hydrogens (tertiary/aromatic N) is 1. The zero-order chi connectivity index (χ0) is 13.8. The Kier molecular flexibility index (Phi) is 4.70. The van der Waals surface area contributed by atoms with Crippen LogP contribution in [0, 0.1) is 0 Å². The normalized spacial score (nSPS) is 17.9. The Hall–Kier alpha value is -1.22. The van der Waals surface area contributed by atoms with E-state index in [2.05, 4.69) is 42.3 Å². The van der Waals surface area contributed by atoms with Crippen LogP contribution in [0.3, 0.4) is 0 Å². The highest BCUT2D eigenvalue weighted by Gasteiger charge is 2.29. The monoisotopic (exact) mass is 262 g/mol. The van der Waals surface area contributed by atoms with E-state index in [9.17, 15) is 0 Å². The van der Waals surface area contributed by atoms with Crippen molar-refractivity contribution >= 4 is 5.69 Å². The molecule has 0 aromatic heterocycles. The molecule has 1 atom stereocenters. The first kappa shape index (κ1) is 14.2. The summed E-state index contributed by atoms with van der Waals surface area (Å²) < 4.78 is 5.38. The second-order valence-corrected chi connectivity index (χ2v) is 5.61. The van der Waals surface area contributed by atoms with Gasteiger partial charge in [-0.1, -0.05) is 0 Å². The standard InChI is InChI=1S/C16H26N2O/c1-12(2)18-11-13(6-5-9-17-3)15-10-14(19-4)7-8-16(15)18/h7-8,10,12-13,17H,5-6,9,11H2,1-4H3. The molecule has 1 aliphatic heterocycles. The lowest BCUT2D eigenvalue weighted by molar-refractivity contribution is 0.414. The molecule has 2 rings (SSSR count). The van der Waals surface area contributed by atoms with Crippen LogP contribution in [0.4, 0.5) is 5.69 Å². The van der Waals surface area contributed by atoms with Crippen LogP contribution in [-0.2, 0) is 0 Å². The summed E-state index contributed by atoms with van der Waals surface area (Å²) in [6.45, 7) is 6.77. The topological polar surface area (TPSA) is 24.5 Å². The van der Waals surface area contributed by atoms with Gasteiger partial charge in [-0.3, -0.25) is 0 Å². The smallest absolute Gasteiger partial charge is 0.119 e. The molecule has 0 fully saturated rings. The third-order valence-corrected chi connectivity index (χ3v) is 4.00. The largest absolute Gasteiger partial charge is 0.497 e. The number of rotatable bonds is 6. The van der Waals surface area contributed by atoms with E-state index in [4.69, 9.17) is 4.74 Å². The molecule has 1 aromatic rings. The number of ether oxygens (including phenoxy) is 1. The molecule has 0 radical (unpaired) electrons. The number of hydrogen-bond acceptors (Lipinski definition) is 3. The quantitative estimate of drug-likeness (QED) is 0.798. The summed E-state index contributed by atoms with van der Waals surface area (Å²) in [5, 5.41) is 3.23. The van der Waals surface area contributed by atoms with Gasteiger partial charge in [0.1, 0.15) is 5.75 Å². The maximum absolute atomic E-state index is 5.38. The lowest BCUT2D eigenvalue weighted by Gasteiger charge is -2.24. The van der Waals surface area contributed by atoms with Gasteiger partial charge >= 0.3 is 0 Å². The minimum atomic E-state index is 0.557. The third kappa shape index (κ3) is 3.03. The molecule has 0 spiro atoms. The summed E-state index contributed by atoms with van der Waals surface area (Å²) in [5.74, 6) is 1.61. The maximum atomic E-state index is 5.38. The second kappa shape index (κ2) is 6.29. The number of benzene rings is 1. The summed E-state index contributed by atoms with van der Waals surface area (Å²) in [6, 6.07) is 7.07. The molecule has 1 aliphatic rings. The van der Waals surface area contributed by atoms with Crippen LogP contribution in [0.1, 0.15) is 38.2 Å². The van der Waals surface area contributed by atoms with Gasteiger partial charge in [-0.25, -0.2) is 0 Å². The molecule has 1 aromatic carbocycles. The Morgan fingerprint density at radius 1 is 1.42 bits per heavy atom. The highest BCUT2D eigenvalue weighted by Crippen LogP contribution is 2.41. The average molecular weight is 262 g/mol. The van der Waals surface area contributed by atoms with E-state index in [1.165, 1.54) is 24.1 Å². The Morgan fingerprint density at radius 2 is 2.21 bits per heavy atom. The van der Waals surface area contributed by atoms with Gasteiger partial charge in [0.15, 0.2) is 0 Å². The van der Waals surface area contributed by atoms with Crippen LogP contribution in [0.2, 0.25) is 0 Å². The highest BCUT2D eigenvalue weighted by atomic mass is 16.5. The van der Waals surface area contributed by atoms with Crippen molar-refractivity contribution < 1.29 is 4.74 Å². The Bertz CT molecular complexity index is 417. The molecule has 3 heteroatoms. The molecule has 0 saturated carbocycles. The van der Waals surface area contributed by atoms with Crippen molar-refractivity contribution in [2.75, 3.05) is 32.1 Å². The third-order valence-electron chi connectivity index (χ3n) is 4.00. The van der Waals surface area contributed by atoms with Crippen LogP contribution in [0.25, 0.3) is 0 Å². The van der Waals surface area contributed by atoms with Gasteiger partial charge in [0.05, 0.1) is 7.11 Å². The van der Waals surface area contributed by atoms with Crippen molar-refractivity contribution in [1.29, 1.82) is 0 Å². The molecule has 0 saturated heterocycles. The molecule has 106 valence electrons.